The van der Waals surface area contributed by atoms with Crippen LogP contribution in [0.4, 0.5) is 5.69 Å². The van der Waals surface area contributed by atoms with Crippen LogP contribution < -0.4 is 5.32 Å². The Hall–Kier alpha value is -3.36. The predicted molar refractivity (Wildman–Crippen MR) is 102 cm³/mol. The highest BCUT2D eigenvalue weighted by atomic mass is 35.5. The molecule has 128 valence electrons. The summed E-state index contributed by atoms with van der Waals surface area (Å²) in [5.74, 6) is -0.535. The number of aromatic nitrogens is 1. The quantitative estimate of drug-likeness (QED) is 0.404. The predicted octanol–water partition coefficient (Wildman–Crippen LogP) is 4.57. The summed E-state index contributed by atoms with van der Waals surface area (Å²) in [5, 5.41) is 13.4. The number of rotatable bonds is 4. The number of allylic oxidation sites excluding steroid dienone is 1. The van der Waals surface area contributed by atoms with Crippen molar-refractivity contribution in [2.75, 3.05) is 5.32 Å². The molecule has 0 spiro atoms. The Labute approximate surface area is 154 Å². The van der Waals surface area contributed by atoms with E-state index >= 15 is 0 Å². The lowest BCUT2D eigenvalue weighted by Crippen LogP contribution is -2.05. The molecule has 0 fully saturated rings. The number of anilines is 1. The van der Waals surface area contributed by atoms with Crippen LogP contribution in [0.5, 0.6) is 0 Å². The molecule has 0 aliphatic rings. The molecule has 0 radical (unpaired) electrons. The molecular formula is C20H14ClN3O2. The highest BCUT2D eigenvalue weighted by Gasteiger charge is 2.16. The molecule has 26 heavy (non-hydrogen) atoms. The standard InChI is InChI=1S/C20H14ClN3O2/c1-12(25)24-16-5-2-13(3-6-16)8-14(10-22)20(26)18-11-23-19-9-15(21)4-7-17(18)19/h2-9,11,23H,1H3,(H,24,25). The maximum absolute atomic E-state index is 12.8. The summed E-state index contributed by atoms with van der Waals surface area (Å²) in [5.41, 5.74) is 2.50. The zero-order chi connectivity index (χ0) is 18.7. The number of aromatic amines is 1. The summed E-state index contributed by atoms with van der Waals surface area (Å²) < 4.78 is 0. The van der Waals surface area contributed by atoms with Crippen molar-refractivity contribution in [2.24, 2.45) is 0 Å². The van der Waals surface area contributed by atoms with E-state index in [-0.39, 0.29) is 17.3 Å². The van der Waals surface area contributed by atoms with Gasteiger partial charge in [0.1, 0.15) is 11.6 Å². The minimum absolute atomic E-state index is 0.0214. The van der Waals surface area contributed by atoms with E-state index in [4.69, 9.17) is 11.6 Å². The van der Waals surface area contributed by atoms with Gasteiger partial charge in [-0.15, -0.1) is 0 Å². The molecule has 0 aliphatic heterocycles. The first kappa shape index (κ1) is 17.5. The maximum atomic E-state index is 12.8. The Morgan fingerprint density at radius 3 is 2.58 bits per heavy atom. The third kappa shape index (κ3) is 3.66. The van der Waals surface area contributed by atoms with Crippen LogP contribution in [-0.2, 0) is 4.79 Å². The van der Waals surface area contributed by atoms with E-state index in [0.717, 1.165) is 5.52 Å². The van der Waals surface area contributed by atoms with Gasteiger partial charge in [0.2, 0.25) is 11.7 Å². The summed E-state index contributed by atoms with van der Waals surface area (Å²) in [4.78, 5) is 26.8. The van der Waals surface area contributed by atoms with Crippen LogP contribution >= 0.6 is 11.6 Å². The smallest absolute Gasteiger partial charge is 0.221 e. The van der Waals surface area contributed by atoms with Crippen molar-refractivity contribution in [1.29, 1.82) is 5.26 Å². The van der Waals surface area contributed by atoms with Crippen molar-refractivity contribution in [3.63, 3.8) is 0 Å². The molecule has 0 unspecified atom stereocenters. The van der Waals surface area contributed by atoms with Gasteiger partial charge in [0, 0.05) is 40.3 Å². The van der Waals surface area contributed by atoms with Gasteiger partial charge in [-0.3, -0.25) is 9.59 Å². The van der Waals surface area contributed by atoms with Crippen molar-refractivity contribution in [3.8, 4) is 6.07 Å². The number of carbonyl (C=O) groups is 2. The van der Waals surface area contributed by atoms with Gasteiger partial charge in [0.05, 0.1) is 0 Å². The van der Waals surface area contributed by atoms with E-state index in [1.807, 2.05) is 6.07 Å². The van der Waals surface area contributed by atoms with Gasteiger partial charge in [-0.25, -0.2) is 0 Å². The van der Waals surface area contributed by atoms with E-state index < -0.39 is 0 Å². The van der Waals surface area contributed by atoms with Crippen molar-refractivity contribution < 1.29 is 9.59 Å². The first-order valence-electron chi connectivity index (χ1n) is 7.78. The minimum Gasteiger partial charge on any atom is -0.360 e. The van der Waals surface area contributed by atoms with Gasteiger partial charge in [-0.05, 0) is 35.9 Å². The molecule has 1 amide bonds. The Kier molecular flexibility index (Phi) is 4.87. The minimum atomic E-state index is -0.369. The molecule has 3 rings (SSSR count). The van der Waals surface area contributed by atoms with Crippen LogP contribution in [0, 0.1) is 11.3 Å². The van der Waals surface area contributed by atoms with Crippen LogP contribution in [0.1, 0.15) is 22.8 Å². The summed E-state index contributed by atoms with van der Waals surface area (Å²) in [7, 11) is 0. The van der Waals surface area contributed by atoms with Crippen molar-refractivity contribution in [2.45, 2.75) is 6.92 Å². The second kappa shape index (κ2) is 7.26. The van der Waals surface area contributed by atoms with E-state index in [2.05, 4.69) is 10.3 Å². The first-order chi connectivity index (χ1) is 12.5. The number of fused-ring (bicyclic) bond motifs is 1. The lowest BCUT2D eigenvalue weighted by molar-refractivity contribution is -0.114. The monoisotopic (exact) mass is 363 g/mol. The number of nitrogens with one attached hydrogen (secondary N) is 2. The van der Waals surface area contributed by atoms with Crippen LogP contribution in [0.3, 0.4) is 0 Å². The topological polar surface area (TPSA) is 85.8 Å². The van der Waals surface area contributed by atoms with Crippen LogP contribution in [0.2, 0.25) is 5.02 Å². The van der Waals surface area contributed by atoms with E-state index in [9.17, 15) is 14.9 Å². The molecule has 3 aromatic rings. The third-order valence-electron chi connectivity index (χ3n) is 3.80. The summed E-state index contributed by atoms with van der Waals surface area (Å²) in [6.07, 6.45) is 3.10. The molecule has 0 saturated heterocycles. The Balaban J connectivity index is 1.92. The number of carbonyl (C=O) groups excluding carboxylic acids is 2. The number of hydrogen-bond donors (Lipinski definition) is 2. The number of H-pyrrole nitrogens is 1. The third-order valence-corrected chi connectivity index (χ3v) is 4.03. The van der Waals surface area contributed by atoms with Gasteiger partial charge in [-0.2, -0.15) is 5.26 Å². The number of hydrogen-bond acceptors (Lipinski definition) is 3. The number of ketones is 1. The van der Waals surface area contributed by atoms with Crippen LogP contribution in [-0.4, -0.2) is 16.7 Å². The molecule has 2 N–H and O–H groups in total. The van der Waals surface area contributed by atoms with Crippen molar-refractivity contribution in [3.05, 3.63) is 70.4 Å². The normalized spacial score (nSPS) is 11.2. The van der Waals surface area contributed by atoms with Gasteiger partial charge >= 0.3 is 0 Å². The number of nitriles is 1. The summed E-state index contributed by atoms with van der Waals surface area (Å²) >= 11 is 5.95. The number of halogens is 1. The lowest BCUT2D eigenvalue weighted by Gasteiger charge is -2.03. The average molecular weight is 364 g/mol. The average Bonchev–Trinajstić information content (AvgIpc) is 3.03. The van der Waals surface area contributed by atoms with E-state index in [1.165, 1.54) is 13.0 Å². The molecular weight excluding hydrogens is 350 g/mol. The number of benzene rings is 2. The highest BCUT2D eigenvalue weighted by molar-refractivity contribution is 6.31. The lowest BCUT2D eigenvalue weighted by atomic mass is 10.0. The molecule has 2 aromatic carbocycles. The van der Waals surface area contributed by atoms with Gasteiger partial charge in [-0.1, -0.05) is 29.8 Å². The Morgan fingerprint density at radius 2 is 1.92 bits per heavy atom. The second-order valence-electron chi connectivity index (χ2n) is 5.69. The van der Waals surface area contributed by atoms with Gasteiger partial charge in [0.25, 0.3) is 0 Å². The SMILES string of the molecule is CC(=O)Nc1ccc(C=C(C#N)C(=O)c2c[nH]c3cc(Cl)ccc23)cc1. The summed E-state index contributed by atoms with van der Waals surface area (Å²) in [6, 6.07) is 14.0. The molecule has 0 bridgehead atoms. The fourth-order valence-corrected chi connectivity index (χ4v) is 2.78. The van der Waals surface area contributed by atoms with Crippen molar-refractivity contribution >= 4 is 46.0 Å². The Morgan fingerprint density at radius 1 is 1.19 bits per heavy atom. The molecule has 1 heterocycles. The van der Waals surface area contributed by atoms with E-state index in [1.54, 1.807) is 48.7 Å². The molecule has 5 nitrogen and oxygen atoms in total. The highest BCUT2D eigenvalue weighted by Crippen LogP contribution is 2.24. The fraction of sp³-hybridized carbons (Fsp3) is 0.0500. The largest absolute Gasteiger partial charge is 0.360 e. The number of nitrogens with zero attached hydrogens (tertiary/aromatic N) is 1. The van der Waals surface area contributed by atoms with Gasteiger partial charge in [0.15, 0.2) is 0 Å². The second-order valence-corrected chi connectivity index (χ2v) is 6.13. The molecule has 0 aliphatic carbocycles. The molecule has 0 saturated carbocycles. The first-order valence-corrected chi connectivity index (χ1v) is 8.16. The zero-order valence-electron chi connectivity index (χ0n) is 13.8. The number of Topliss-reactive ketones (excluding diaryl/α,β-unsaturated/α-hetero) is 1. The summed E-state index contributed by atoms with van der Waals surface area (Å²) in [6.45, 7) is 1.43. The molecule has 0 atom stereocenters. The van der Waals surface area contributed by atoms with Crippen LogP contribution in [0.15, 0.2) is 54.2 Å². The molecule has 6 heteroatoms. The zero-order valence-corrected chi connectivity index (χ0v) is 14.6. The fourth-order valence-electron chi connectivity index (χ4n) is 2.61. The van der Waals surface area contributed by atoms with Crippen LogP contribution in [0.25, 0.3) is 17.0 Å². The van der Waals surface area contributed by atoms with E-state index in [0.29, 0.717) is 27.2 Å². The maximum Gasteiger partial charge on any atom is 0.221 e. The Bertz CT molecular complexity index is 1070. The number of amides is 1. The molecule has 1 aromatic heterocycles. The van der Waals surface area contributed by atoms with Gasteiger partial charge < -0.3 is 10.3 Å². The van der Waals surface area contributed by atoms with Crippen molar-refractivity contribution in [1.82, 2.24) is 4.98 Å².